The van der Waals surface area contributed by atoms with E-state index in [1.807, 2.05) is 13.1 Å². The fourth-order valence-corrected chi connectivity index (χ4v) is 4.45. The average molecular weight is 401 g/mol. The van der Waals surface area contributed by atoms with Gasteiger partial charge in [-0.15, -0.1) is 4.40 Å². The molecule has 9 heteroatoms. The van der Waals surface area contributed by atoms with Gasteiger partial charge in [0.05, 0.1) is 17.9 Å². The highest BCUT2D eigenvalue weighted by Gasteiger charge is 2.26. The summed E-state index contributed by atoms with van der Waals surface area (Å²) >= 11 is 0. The molecule has 1 atom stereocenters. The van der Waals surface area contributed by atoms with Crippen molar-refractivity contribution in [1.29, 1.82) is 0 Å². The Labute approximate surface area is 164 Å². The van der Waals surface area contributed by atoms with Crippen molar-refractivity contribution in [1.82, 2.24) is 4.98 Å². The van der Waals surface area contributed by atoms with Gasteiger partial charge in [-0.05, 0) is 43.5 Å². The molecule has 0 saturated carbocycles. The molecule has 1 aromatic carbocycles. The molecule has 0 spiro atoms. The Balaban J connectivity index is 1.46. The van der Waals surface area contributed by atoms with Crippen LogP contribution in [0.2, 0.25) is 0 Å². The second-order valence-corrected chi connectivity index (χ2v) is 8.53. The van der Waals surface area contributed by atoms with Crippen LogP contribution in [0.1, 0.15) is 24.0 Å². The number of amidine groups is 1. The Hall–Kier alpha value is -2.81. The van der Waals surface area contributed by atoms with Crippen LogP contribution in [-0.2, 0) is 10.2 Å². The number of pyridine rings is 1. The van der Waals surface area contributed by atoms with Crippen LogP contribution in [0.5, 0.6) is 5.75 Å². The molecule has 4 rings (SSSR count). The summed E-state index contributed by atoms with van der Waals surface area (Å²) in [5.74, 6) is 1.80. The number of benzene rings is 1. The highest BCUT2D eigenvalue weighted by molar-refractivity contribution is 7.91. The third-order valence-corrected chi connectivity index (χ3v) is 5.87. The second kappa shape index (κ2) is 7.31. The first-order chi connectivity index (χ1) is 13.4. The molecule has 3 N–H and O–H groups in total. The predicted octanol–water partition coefficient (Wildman–Crippen LogP) is 2.06. The summed E-state index contributed by atoms with van der Waals surface area (Å²) in [4.78, 5) is 6.80. The lowest BCUT2D eigenvalue weighted by Gasteiger charge is -2.33. The fraction of sp³-hybridized carbons (Fsp3) is 0.368. The maximum absolute atomic E-state index is 11.7. The highest BCUT2D eigenvalue weighted by atomic mass is 32.2. The molecule has 28 heavy (non-hydrogen) atoms. The van der Waals surface area contributed by atoms with E-state index in [-0.39, 0.29) is 5.84 Å². The van der Waals surface area contributed by atoms with Crippen LogP contribution in [0.4, 0.5) is 11.5 Å². The molecular formula is C19H23N5O3S. The van der Waals surface area contributed by atoms with Crippen LogP contribution in [0.25, 0.3) is 0 Å². The maximum atomic E-state index is 11.7. The van der Waals surface area contributed by atoms with Crippen molar-refractivity contribution in [2.45, 2.75) is 19.8 Å². The molecular weight excluding hydrogens is 378 g/mol. The minimum Gasteiger partial charge on any atom is -0.492 e. The molecule has 0 bridgehead atoms. The van der Waals surface area contributed by atoms with Crippen molar-refractivity contribution in [3.8, 4) is 5.75 Å². The lowest BCUT2D eigenvalue weighted by molar-refractivity contribution is 0.228. The molecule has 1 saturated heterocycles. The summed E-state index contributed by atoms with van der Waals surface area (Å²) in [7, 11) is -3.79. The fourth-order valence-electron chi connectivity index (χ4n) is 3.60. The van der Waals surface area contributed by atoms with E-state index in [4.69, 9.17) is 10.5 Å². The Bertz CT molecular complexity index is 1000. The van der Waals surface area contributed by atoms with Gasteiger partial charge in [0.1, 0.15) is 11.6 Å². The van der Waals surface area contributed by atoms with Crippen molar-refractivity contribution >= 4 is 27.6 Å². The number of anilines is 2. The molecule has 0 amide bonds. The largest absolute Gasteiger partial charge is 0.492 e. The summed E-state index contributed by atoms with van der Waals surface area (Å²) < 4.78 is 35.4. The number of nitrogens with two attached hydrogens (primary N) is 1. The van der Waals surface area contributed by atoms with Crippen molar-refractivity contribution in [3.63, 3.8) is 0 Å². The van der Waals surface area contributed by atoms with Gasteiger partial charge in [0, 0.05) is 25.2 Å². The minimum atomic E-state index is -3.79. The van der Waals surface area contributed by atoms with Gasteiger partial charge in [-0.2, -0.15) is 8.42 Å². The molecule has 2 aromatic rings. The van der Waals surface area contributed by atoms with Gasteiger partial charge in [0.25, 0.3) is 0 Å². The Kier molecular flexibility index (Phi) is 4.84. The van der Waals surface area contributed by atoms with E-state index in [2.05, 4.69) is 31.1 Å². The first-order valence-electron chi connectivity index (χ1n) is 9.23. The standard InChI is InChI=1S/C19H23N5O3S/c1-13-7-8-17(21-10-13)24-9-3-4-14(11-24)12-27-16-6-2-5-15-18(16)19(20)23-28(25,26)22-15/h2,5-8,10,14,22H,3-4,9,11-12H2,1H3,(H2,20,23). The monoisotopic (exact) mass is 401 g/mol. The van der Waals surface area contributed by atoms with Gasteiger partial charge in [-0.25, -0.2) is 4.98 Å². The van der Waals surface area contributed by atoms with E-state index in [1.54, 1.807) is 18.2 Å². The smallest absolute Gasteiger partial charge is 0.344 e. The third-order valence-electron chi connectivity index (χ3n) is 4.95. The number of fused-ring (bicyclic) bond motifs is 1. The molecule has 2 aliphatic heterocycles. The Morgan fingerprint density at radius 2 is 2.18 bits per heavy atom. The first-order valence-corrected chi connectivity index (χ1v) is 10.7. The lowest BCUT2D eigenvalue weighted by atomic mass is 9.99. The van der Waals surface area contributed by atoms with Gasteiger partial charge in [-0.1, -0.05) is 12.1 Å². The molecule has 2 aliphatic rings. The van der Waals surface area contributed by atoms with Crippen molar-refractivity contribution in [2.75, 3.05) is 29.3 Å². The van der Waals surface area contributed by atoms with E-state index in [0.717, 1.165) is 37.3 Å². The van der Waals surface area contributed by atoms with Gasteiger partial charge in [0.15, 0.2) is 5.84 Å². The zero-order chi connectivity index (χ0) is 19.7. The number of ether oxygens (including phenoxy) is 1. The first kappa shape index (κ1) is 18.5. The van der Waals surface area contributed by atoms with Crippen LogP contribution < -0.4 is 20.1 Å². The summed E-state index contributed by atoms with van der Waals surface area (Å²) in [6.07, 6.45) is 4.02. The number of nitrogens with zero attached hydrogens (tertiary/aromatic N) is 3. The van der Waals surface area contributed by atoms with Crippen molar-refractivity contribution in [3.05, 3.63) is 47.7 Å². The van der Waals surface area contributed by atoms with Crippen LogP contribution in [0.15, 0.2) is 40.9 Å². The minimum absolute atomic E-state index is 0.0570. The molecule has 3 heterocycles. The van der Waals surface area contributed by atoms with Gasteiger partial charge < -0.3 is 15.4 Å². The molecule has 0 radical (unpaired) electrons. The Morgan fingerprint density at radius 3 is 2.96 bits per heavy atom. The van der Waals surface area contributed by atoms with E-state index < -0.39 is 10.2 Å². The Morgan fingerprint density at radius 1 is 1.32 bits per heavy atom. The molecule has 1 fully saturated rings. The van der Waals surface area contributed by atoms with Gasteiger partial charge in [0.2, 0.25) is 0 Å². The van der Waals surface area contributed by atoms with Crippen LogP contribution in [0.3, 0.4) is 0 Å². The summed E-state index contributed by atoms with van der Waals surface area (Å²) in [6, 6.07) is 9.28. The SMILES string of the molecule is Cc1ccc(N2CCCC(COc3cccc4c3C(N)=NS(=O)(=O)N4)C2)nc1. The van der Waals surface area contributed by atoms with E-state index in [0.29, 0.717) is 29.5 Å². The second-order valence-electron chi connectivity index (χ2n) is 7.19. The van der Waals surface area contributed by atoms with Gasteiger partial charge >= 0.3 is 10.2 Å². The zero-order valence-corrected chi connectivity index (χ0v) is 16.4. The van der Waals surface area contributed by atoms with Crippen molar-refractivity contribution < 1.29 is 13.2 Å². The number of aryl methyl sites for hydroxylation is 1. The molecule has 1 unspecified atom stereocenters. The maximum Gasteiger partial charge on any atom is 0.344 e. The number of hydrogen-bond acceptors (Lipinski definition) is 6. The number of rotatable bonds is 4. The van der Waals surface area contributed by atoms with E-state index >= 15 is 0 Å². The third kappa shape index (κ3) is 3.89. The molecule has 8 nitrogen and oxygen atoms in total. The van der Waals surface area contributed by atoms with Crippen LogP contribution >= 0.6 is 0 Å². The van der Waals surface area contributed by atoms with E-state index in [1.165, 1.54) is 0 Å². The highest BCUT2D eigenvalue weighted by Crippen LogP contribution is 2.31. The summed E-state index contributed by atoms with van der Waals surface area (Å²) in [5.41, 5.74) is 7.90. The van der Waals surface area contributed by atoms with Crippen LogP contribution in [0, 0.1) is 12.8 Å². The quantitative estimate of drug-likeness (QED) is 0.811. The topological polar surface area (TPSA) is 110 Å². The molecule has 148 valence electrons. The number of nitrogens with one attached hydrogen (secondary N) is 1. The molecule has 0 aliphatic carbocycles. The average Bonchev–Trinajstić information content (AvgIpc) is 2.66. The molecule has 1 aromatic heterocycles. The van der Waals surface area contributed by atoms with Crippen molar-refractivity contribution in [2.24, 2.45) is 16.0 Å². The zero-order valence-electron chi connectivity index (χ0n) is 15.6. The van der Waals surface area contributed by atoms with E-state index in [9.17, 15) is 8.42 Å². The lowest BCUT2D eigenvalue weighted by Crippen LogP contribution is -2.38. The number of aromatic nitrogens is 1. The number of hydrogen-bond donors (Lipinski definition) is 2. The summed E-state index contributed by atoms with van der Waals surface area (Å²) in [5, 5.41) is 0. The van der Waals surface area contributed by atoms with Crippen LogP contribution in [-0.4, -0.2) is 38.9 Å². The van der Waals surface area contributed by atoms with Gasteiger partial charge in [-0.3, -0.25) is 4.72 Å². The predicted molar refractivity (Wildman–Crippen MR) is 109 cm³/mol. The normalized spacial score (nSPS) is 20.7. The summed E-state index contributed by atoms with van der Waals surface area (Å²) in [6.45, 7) is 4.38. The number of piperidine rings is 1.